The zero-order valence-corrected chi connectivity index (χ0v) is 13.7. The zero-order chi connectivity index (χ0) is 16.9. The Labute approximate surface area is 143 Å². The van der Waals surface area contributed by atoms with Gasteiger partial charge in [-0.2, -0.15) is 5.26 Å². The van der Waals surface area contributed by atoms with Crippen molar-refractivity contribution in [3.63, 3.8) is 0 Å². The molecule has 0 spiro atoms. The molecule has 0 radical (unpaired) electrons. The summed E-state index contributed by atoms with van der Waals surface area (Å²) in [6.45, 7) is 6.52. The van der Waals surface area contributed by atoms with E-state index in [1.165, 1.54) is 18.0 Å². The third-order valence-electron chi connectivity index (χ3n) is 3.02. The Morgan fingerprint density at radius 3 is 2.67 bits per heavy atom. The molecule has 0 aliphatic carbocycles. The summed E-state index contributed by atoms with van der Waals surface area (Å²) in [5.74, 6) is 0.740. The molecule has 3 heterocycles. The maximum absolute atomic E-state index is 8.79. The van der Waals surface area contributed by atoms with Gasteiger partial charge < -0.3 is 0 Å². The number of nitriles is 1. The molecule has 0 saturated carbocycles. The molecule has 0 fully saturated rings. The van der Waals surface area contributed by atoms with Crippen molar-refractivity contribution < 1.29 is 0 Å². The normalized spacial score (nSPS) is 10.3. The minimum Gasteiger partial charge on any atom is -0.298 e. The topological polar surface area (TPSA) is 93.2 Å². The average molecular weight is 335 g/mol. The van der Waals surface area contributed by atoms with Crippen LogP contribution in [0.3, 0.4) is 0 Å². The van der Waals surface area contributed by atoms with E-state index in [1.807, 2.05) is 29.7 Å². The highest BCUT2D eigenvalue weighted by Crippen LogP contribution is 2.28. The summed E-state index contributed by atoms with van der Waals surface area (Å²) in [6, 6.07) is 5.72. The highest BCUT2D eigenvalue weighted by atomic mass is 32.2. The molecular formula is C16H13N7S. The van der Waals surface area contributed by atoms with E-state index < -0.39 is 0 Å². The van der Waals surface area contributed by atoms with Crippen LogP contribution in [0.4, 0.5) is 0 Å². The zero-order valence-electron chi connectivity index (χ0n) is 12.9. The third-order valence-corrected chi connectivity index (χ3v) is 3.93. The Morgan fingerprint density at radius 2 is 2.04 bits per heavy atom. The highest BCUT2D eigenvalue weighted by molar-refractivity contribution is 7.99. The van der Waals surface area contributed by atoms with Crippen LogP contribution in [0.5, 0.6) is 0 Å². The largest absolute Gasteiger partial charge is 0.298 e. The van der Waals surface area contributed by atoms with Gasteiger partial charge in [0.05, 0.1) is 12.4 Å². The monoisotopic (exact) mass is 335 g/mol. The van der Waals surface area contributed by atoms with Crippen molar-refractivity contribution in [3.05, 3.63) is 54.8 Å². The summed E-state index contributed by atoms with van der Waals surface area (Å²) in [5.41, 5.74) is 2.19. The summed E-state index contributed by atoms with van der Waals surface area (Å²) in [5, 5.41) is 18.7. The van der Waals surface area contributed by atoms with Gasteiger partial charge in [0.1, 0.15) is 11.1 Å². The predicted molar refractivity (Wildman–Crippen MR) is 88.9 cm³/mol. The molecule has 24 heavy (non-hydrogen) atoms. The average Bonchev–Trinajstić information content (AvgIpc) is 2.98. The van der Waals surface area contributed by atoms with Crippen molar-refractivity contribution in [1.82, 2.24) is 29.7 Å². The van der Waals surface area contributed by atoms with E-state index in [4.69, 9.17) is 5.26 Å². The summed E-state index contributed by atoms with van der Waals surface area (Å²) in [4.78, 5) is 12.3. The SMILES string of the molecule is C=C(C)Cn1c(Sc2cnc(C#N)cn2)nnc1-c1ccncc1. The van der Waals surface area contributed by atoms with Gasteiger partial charge in [-0.15, -0.1) is 10.2 Å². The molecule has 3 aromatic rings. The fraction of sp³-hybridized carbons (Fsp3) is 0.125. The molecule has 0 unspecified atom stereocenters. The summed E-state index contributed by atoms with van der Waals surface area (Å²) in [7, 11) is 0. The van der Waals surface area contributed by atoms with Crippen LogP contribution in [-0.4, -0.2) is 29.7 Å². The second-order valence-electron chi connectivity index (χ2n) is 5.04. The summed E-state index contributed by atoms with van der Waals surface area (Å²) < 4.78 is 1.97. The maximum Gasteiger partial charge on any atom is 0.198 e. The lowest BCUT2D eigenvalue weighted by Gasteiger charge is -2.09. The number of aromatic nitrogens is 6. The molecule has 0 aliphatic heterocycles. The number of hydrogen-bond acceptors (Lipinski definition) is 7. The van der Waals surface area contributed by atoms with Gasteiger partial charge in [-0.05, 0) is 30.8 Å². The van der Waals surface area contributed by atoms with E-state index >= 15 is 0 Å². The Balaban J connectivity index is 1.96. The number of pyridine rings is 1. The van der Waals surface area contributed by atoms with Gasteiger partial charge in [-0.1, -0.05) is 12.2 Å². The molecule has 118 valence electrons. The van der Waals surface area contributed by atoms with Crippen molar-refractivity contribution in [2.24, 2.45) is 0 Å². The Kier molecular flexibility index (Phi) is 4.63. The fourth-order valence-electron chi connectivity index (χ4n) is 2.01. The third kappa shape index (κ3) is 3.47. The van der Waals surface area contributed by atoms with Crippen LogP contribution in [0.25, 0.3) is 11.4 Å². The van der Waals surface area contributed by atoms with Crippen LogP contribution in [0.1, 0.15) is 12.6 Å². The summed E-state index contributed by atoms with van der Waals surface area (Å²) in [6.07, 6.45) is 6.42. The van der Waals surface area contributed by atoms with E-state index in [0.29, 0.717) is 16.7 Å². The van der Waals surface area contributed by atoms with Gasteiger partial charge in [-0.25, -0.2) is 9.97 Å². The number of hydrogen-bond donors (Lipinski definition) is 0. The first-order chi connectivity index (χ1) is 11.7. The fourth-order valence-corrected chi connectivity index (χ4v) is 2.75. The molecule has 0 amide bonds. The maximum atomic E-state index is 8.79. The van der Waals surface area contributed by atoms with Gasteiger partial charge >= 0.3 is 0 Å². The second kappa shape index (κ2) is 7.02. The van der Waals surface area contributed by atoms with E-state index in [2.05, 4.69) is 31.7 Å². The molecule has 0 aliphatic rings. The van der Waals surface area contributed by atoms with Crippen LogP contribution < -0.4 is 0 Å². The standard InChI is InChI=1S/C16H13N7S/c1-11(2)10-23-15(12-3-5-18-6-4-12)21-22-16(23)24-14-9-19-13(7-17)8-20-14/h3-6,8-9H,1,10H2,2H3. The second-order valence-corrected chi connectivity index (χ2v) is 6.03. The molecule has 0 N–H and O–H groups in total. The van der Waals surface area contributed by atoms with Crippen LogP contribution in [0, 0.1) is 11.3 Å². The lowest BCUT2D eigenvalue weighted by Crippen LogP contribution is -2.03. The first kappa shape index (κ1) is 15.8. The molecular weight excluding hydrogens is 322 g/mol. The minimum atomic E-state index is 0.278. The molecule has 3 rings (SSSR count). The van der Waals surface area contributed by atoms with Crippen LogP contribution in [0.2, 0.25) is 0 Å². The molecule has 0 saturated heterocycles. The summed E-state index contributed by atoms with van der Waals surface area (Å²) >= 11 is 1.34. The molecule has 3 aromatic heterocycles. The van der Waals surface area contributed by atoms with Gasteiger partial charge in [0, 0.05) is 24.5 Å². The van der Waals surface area contributed by atoms with Gasteiger partial charge in [-0.3, -0.25) is 9.55 Å². The van der Waals surface area contributed by atoms with Gasteiger partial charge in [0.15, 0.2) is 16.7 Å². The van der Waals surface area contributed by atoms with E-state index in [-0.39, 0.29) is 5.69 Å². The molecule has 0 atom stereocenters. The van der Waals surface area contributed by atoms with Crippen molar-refractivity contribution >= 4 is 11.8 Å². The Bertz CT molecular complexity index is 894. The van der Waals surface area contributed by atoms with Crippen molar-refractivity contribution in [2.45, 2.75) is 23.7 Å². The molecule has 0 bridgehead atoms. The molecule has 8 heteroatoms. The first-order valence-corrected chi connectivity index (χ1v) is 7.87. The minimum absolute atomic E-state index is 0.278. The quantitative estimate of drug-likeness (QED) is 0.662. The lowest BCUT2D eigenvalue weighted by atomic mass is 10.2. The number of rotatable bonds is 5. The van der Waals surface area contributed by atoms with Gasteiger partial charge in [0.2, 0.25) is 0 Å². The smallest absolute Gasteiger partial charge is 0.198 e. The van der Waals surface area contributed by atoms with Crippen molar-refractivity contribution in [1.29, 1.82) is 5.26 Å². The Morgan fingerprint density at radius 1 is 1.25 bits per heavy atom. The number of nitrogens with zero attached hydrogens (tertiary/aromatic N) is 7. The van der Waals surface area contributed by atoms with E-state index in [1.54, 1.807) is 18.6 Å². The van der Waals surface area contributed by atoms with E-state index in [9.17, 15) is 0 Å². The predicted octanol–water partition coefficient (Wildman–Crippen LogP) is 2.73. The Hall–Kier alpha value is -3.05. The highest BCUT2D eigenvalue weighted by Gasteiger charge is 2.15. The molecule has 0 aromatic carbocycles. The van der Waals surface area contributed by atoms with Crippen molar-refractivity contribution in [2.75, 3.05) is 0 Å². The van der Waals surface area contributed by atoms with Crippen LogP contribution in [-0.2, 0) is 6.54 Å². The first-order valence-electron chi connectivity index (χ1n) is 7.05. The lowest BCUT2D eigenvalue weighted by molar-refractivity contribution is 0.705. The van der Waals surface area contributed by atoms with Crippen molar-refractivity contribution in [3.8, 4) is 17.5 Å². The number of allylic oxidation sites excluding steroid dienone is 1. The van der Waals surface area contributed by atoms with Crippen LogP contribution >= 0.6 is 11.8 Å². The van der Waals surface area contributed by atoms with Gasteiger partial charge in [0.25, 0.3) is 0 Å². The van der Waals surface area contributed by atoms with E-state index in [0.717, 1.165) is 17.0 Å². The van der Waals surface area contributed by atoms with Crippen LogP contribution in [0.15, 0.2) is 59.3 Å². The molecule has 7 nitrogen and oxygen atoms in total.